The van der Waals surface area contributed by atoms with Crippen LogP contribution < -0.4 is 9.47 Å². The van der Waals surface area contributed by atoms with Gasteiger partial charge in [0.25, 0.3) is 0 Å². The van der Waals surface area contributed by atoms with Crippen molar-refractivity contribution in [2.24, 2.45) is 0 Å². The summed E-state index contributed by atoms with van der Waals surface area (Å²) in [5.41, 5.74) is 5.05. The Hall–Kier alpha value is -3.85. The van der Waals surface area contributed by atoms with Crippen LogP contribution in [0.2, 0.25) is 0 Å². The average molecular weight is 493 g/mol. The summed E-state index contributed by atoms with van der Waals surface area (Å²) in [5, 5.41) is 0. The lowest BCUT2D eigenvalue weighted by Crippen LogP contribution is -2.08. The van der Waals surface area contributed by atoms with Gasteiger partial charge in [-0.2, -0.15) is 0 Å². The predicted octanol–water partition coefficient (Wildman–Crippen LogP) is 9.05. The minimum absolute atomic E-state index is 0.347. The van der Waals surface area contributed by atoms with Crippen LogP contribution in [0.25, 0.3) is 11.1 Å². The number of hydrogen-bond acceptors (Lipinski definition) is 3. The molecule has 4 aromatic carbocycles. The summed E-state index contributed by atoms with van der Waals surface area (Å²) in [5.74, 6) is 1.05. The molecule has 0 saturated heterocycles. The first-order chi connectivity index (χ1) is 18.2. The van der Waals surface area contributed by atoms with Crippen molar-refractivity contribution >= 4 is 5.97 Å². The molecule has 0 aliphatic carbocycles. The summed E-state index contributed by atoms with van der Waals surface area (Å²) in [6.07, 6.45) is 8.82. The molecule has 0 atom stereocenters. The second-order valence-electron chi connectivity index (χ2n) is 9.43. The molecular weight excluding hydrogens is 456 g/mol. The molecule has 37 heavy (non-hydrogen) atoms. The topological polar surface area (TPSA) is 35.5 Å². The zero-order valence-electron chi connectivity index (χ0n) is 21.7. The molecule has 0 fully saturated rings. The lowest BCUT2D eigenvalue weighted by atomic mass is 10.0. The first-order valence-electron chi connectivity index (χ1n) is 13.4. The van der Waals surface area contributed by atoms with Gasteiger partial charge in [-0.3, -0.25) is 0 Å². The number of hydrogen-bond donors (Lipinski definition) is 0. The predicted molar refractivity (Wildman–Crippen MR) is 151 cm³/mol. The summed E-state index contributed by atoms with van der Waals surface area (Å²) < 4.78 is 11.5. The molecule has 0 radical (unpaired) electrons. The Bertz CT molecular complexity index is 1210. The Morgan fingerprint density at radius 2 is 1.19 bits per heavy atom. The Kier molecular flexibility index (Phi) is 9.94. The van der Waals surface area contributed by atoms with Crippen molar-refractivity contribution in [2.75, 3.05) is 0 Å². The molecule has 0 bridgehead atoms. The third-order valence-corrected chi connectivity index (χ3v) is 6.51. The monoisotopic (exact) mass is 492 g/mol. The summed E-state index contributed by atoms with van der Waals surface area (Å²) in [7, 11) is 0. The van der Waals surface area contributed by atoms with Gasteiger partial charge in [0.05, 0.1) is 5.56 Å². The molecule has 190 valence electrons. The number of esters is 1. The fraction of sp³-hybridized carbons (Fsp3) is 0.265. The summed E-state index contributed by atoms with van der Waals surface area (Å²) in [4.78, 5) is 12.6. The van der Waals surface area contributed by atoms with E-state index in [2.05, 4.69) is 19.1 Å². The Morgan fingerprint density at radius 1 is 0.595 bits per heavy atom. The van der Waals surface area contributed by atoms with Crippen molar-refractivity contribution in [3.05, 3.63) is 120 Å². The maximum atomic E-state index is 12.6. The molecule has 0 aliphatic rings. The van der Waals surface area contributed by atoms with Gasteiger partial charge in [-0.25, -0.2) is 4.79 Å². The van der Waals surface area contributed by atoms with Gasteiger partial charge in [-0.15, -0.1) is 0 Å². The van der Waals surface area contributed by atoms with Crippen LogP contribution in [0.4, 0.5) is 0 Å². The molecule has 0 spiro atoms. The van der Waals surface area contributed by atoms with Gasteiger partial charge in [0.2, 0.25) is 0 Å². The van der Waals surface area contributed by atoms with Crippen LogP contribution in [0, 0.1) is 0 Å². The van der Waals surface area contributed by atoms with E-state index in [9.17, 15) is 4.79 Å². The van der Waals surface area contributed by atoms with Gasteiger partial charge in [0.15, 0.2) is 0 Å². The van der Waals surface area contributed by atoms with E-state index in [0.717, 1.165) is 28.9 Å². The molecular formula is C34H36O3. The average Bonchev–Trinajstić information content (AvgIpc) is 2.95. The lowest BCUT2D eigenvalue weighted by Gasteiger charge is -2.09. The SMILES string of the molecule is CCCCCCCCc1ccc(OC(=O)c2ccc(-c3ccc(OCc4ccccc4)cc3)cc2)cc1. The van der Waals surface area contributed by atoms with Crippen LogP contribution in [0.15, 0.2) is 103 Å². The Labute approximate surface area is 221 Å². The number of carbonyl (C=O) groups is 1. The molecule has 0 unspecified atom stereocenters. The molecule has 4 rings (SSSR count). The number of benzene rings is 4. The highest BCUT2D eigenvalue weighted by Gasteiger charge is 2.09. The van der Waals surface area contributed by atoms with E-state index in [4.69, 9.17) is 9.47 Å². The van der Waals surface area contributed by atoms with E-state index in [1.165, 1.54) is 44.1 Å². The van der Waals surface area contributed by atoms with E-state index in [1.54, 1.807) is 0 Å². The number of rotatable bonds is 13. The highest BCUT2D eigenvalue weighted by Crippen LogP contribution is 2.24. The van der Waals surface area contributed by atoms with Gasteiger partial charge in [-0.1, -0.05) is 106 Å². The summed E-state index contributed by atoms with van der Waals surface area (Å²) in [6, 6.07) is 33.5. The first kappa shape index (κ1) is 26.2. The van der Waals surface area contributed by atoms with Crippen molar-refractivity contribution in [2.45, 2.75) is 58.5 Å². The van der Waals surface area contributed by atoms with Crippen LogP contribution in [-0.2, 0) is 13.0 Å². The third kappa shape index (κ3) is 8.35. The van der Waals surface area contributed by atoms with Gasteiger partial charge in [0, 0.05) is 0 Å². The molecule has 0 heterocycles. The zero-order chi connectivity index (χ0) is 25.7. The second-order valence-corrected chi connectivity index (χ2v) is 9.43. The van der Waals surface area contributed by atoms with Crippen molar-refractivity contribution < 1.29 is 14.3 Å². The fourth-order valence-corrected chi connectivity index (χ4v) is 4.28. The normalized spacial score (nSPS) is 10.7. The zero-order valence-corrected chi connectivity index (χ0v) is 21.7. The van der Waals surface area contributed by atoms with Gasteiger partial charge >= 0.3 is 5.97 Å². The Morgan fingerprint density at radius 3 is 1.86 bits per heavy atom. The van der Waals surface area contributed by atoms with Crippen molar-refractivity contribution in [1.82, 2.24) is 0 Å². The maximum Gasteiger partial charge on any atom is 0.343 e. The lowest BCUT2D eigenvalue weighted by molar-refractivity contribution is 0.0734. The van der Waals surface area contributed by atoms with E-state index < -0.39 is 0 Å². The molecule has 4 aromatic rings. The van der Waals surface area contributed by atoms with Crippen LogP contribution in [0.3, 0.4) is 0 Å². The van der Waals surface area contributed by atoms with Crippen LogP contribution in [0.1, 0.15) is 66.9 Å². The minimum atomic E-state index is -0.347. The standard InChI is InChI=1S/C34H36O3/c1-2-3-4-5-6-8-11-27-14-22-33(23-15-27)37-34(35)31-18-16-29(17-19-31)30-20-24-32(25-21-30)36-26-28-12-9-7-10-13-28/h7,9-10,12-25H,2-6,8,11,26H2,1H3. The smallest absolute Gasteiger partial charge is 0.343 e. The molecule has 0 aliphatic heterocycles. The van der Waals surface area contributed by atoms with E-state index in [1.807, 2.05) is 91.0 Å². The Balaban J connectivity index is 1.25. The molecule has 0 N–H and O–H groups in total. The van der Waals surface area contributed by atoms with Crippen molar-refractivity contribution in [1.29, 1.82) is 0 Å². The summed E-state index contributed by atoms with van der Waals surface area (Å²) >= 11 is 0. The highest BCUT2D eigenvalue weighted by atomic mass is 16.5. The first-order valence-corrected chi connectivity index (χ1v) is 13.4. The van der Waals surface area contributed by atoms with E-state index >= 15 is 0 Å². The molecule has 0 amide bonds. The van der Waals surface area contributed by atoms with Crippen LogP contribution in [0.5, 0.6) is 11.5 Å². The minimum Gasteiger partial charge on any atom is -0.489 e. The van der Waals surface area contributed by atoms with Gasteiger partial charge in [-0.05, 0) is 71.5 Å². The second kappa shape index (κ2) is 14.0. The van der Waals surface area contributed by atoms with E-state index in [-0.39, 0.29) is 5.97 Å². The van der Waals surface area contributed by atoms with Gasteiger partial charge < -0.3 is 9.47 Å². The highest BCUT2D eigenvalue weighted by molar-refractivity contribution is 5.91. The van der Waals surface area contributed by atoms with Crippen LogP contribution in [-0.4, -0.2) is 5.97 Å². The number of ether oxygens (including phenoxy) is 2. The number of unbranched alkanes of at least 4 members (excludes halogenated alkanes) is 5. The quantitative estimate of drug-likeness (QED) is 0.106. The van der Waals surface area contributed by atoms with Crippen molar-refractivity contribution in [3.8, 4) is 22.6 Å². The van der Waals surface area contributed by atoms with Crippen LogP contribution >= 0.6 is 0 Å². The van der Waals surface area contributed by atoms with E-state index in [0.29, 0.717) is 17.9 Å². The fourth-order valence-electron chi connectivity index (χ4n) is 4.28. The maximum absolute atomic E-state index is 12.6. The molecule has 3 nitrogen and oxygen atoms in total. The van der Waals surface area contributed by atoms with Crippen molar-refractivity contribution in [3.63, 3.8) is 0 Å². The van der Waals surface area contributed by atoms with Gasteiger partial charge in [0.1, 0.15) is 18.1 Å². The summed E-state index contributed by atoms with van der Waals surface area (Å²) in [6.45, 7) is 2.78. The number of aryl methyl sites for hydroxylation is 1. The largest absolute Gasteiger partial charge is 0.489 e. The molecule has 0 saturated carbocycles. The molecule has 0 aromatic heterocycles. The number of carbonyl (C=O) groups excluding carboxylic acids is 1. The third-order valence-electron chi connectivity index (χ3n) is 6.51. The molecule has 3 heteroatoms.